The Morgan fingerprint density at radius 1 is 1.35 bits per heavy atom. The first-order valence-electron chi connectivity index (χ1n) is 7.32. The molecule has 1 aliphatic rings. The van der Waals surface area contributed by atoms with Crippen LogP contribution in [0.4, 0.5) is 0 Å². The maximum absolute atomic E-state index is 12.3. The number of hydrogen-bond donors (Lipinski definition) is 2. The standard InChI is InChI=1S/C16H22N2O4.ClH/c1-11(12-4-6-13(7-5-12)14(19)21-2)18-15(20)16(17)8-3-9-22-10-16;/h4-7,11H,3,8-10,17H2,1-2H3,(H,18,20);1H. The first-order valence-corrected chi connectivity index (χ1v) is 7.32. The van der Waals surface area contributed by atoms with Gasteiger partial charge >= 0.3 is 5.97 Å². The Labute approximate surface area is 142 Å². The average molecular weight is 343 g/mol. The zero-order valence-electron chi connectivity index (χ0n) is 13.3. The highest BCUT2D eigenvalue weighted by Gasteiger charge is 2.36. The molecule has 0 spiro atoms. The van der Waals surface area contributed by atoms with Crippen molar-refractivity contribution in [2.45, 2.75) is 31.3 Å². The van der Waals surface area contributed by atoms with Gasteiger partial charge < -0.3 is 20.5 Å². The van der Waals surface area contributed by atoms with Crippen LogP contribution in [0.15, 0.2) is 24.3 Å². The van der Waals surface area contributed by atoms with E-state index < -0.39 is 5.54 Å². The van der Waals surface area contributed by atoms with Gasteiger partial charge in [0, 0.05) is 6.61 Å². The Hall–Kier alpha value is -1.63. The van der Waals surface area contributed by atoms with Gasteiger partial charge in [0.15, 0.2) is 0 Å². The fourth-order valence-corrected chi connectivity index (χ4v) is 2.44. The van der Waals surface area contributed by atoms with E-state index in [2.05, 4.69) is 10.1 Å². The van der Waals surface area contributed by atoms with Crippen LogP contribution >= 0.6 is 12.4 Å². The summed E-state index contributed by atoms with van der Waals surface area (Å²) >= 11 is 0. The van der Waals surface area contributed by atoms with E-state index in [1.165, 1.54) is 7.11 Å². The lowest BCUT2D eigenvalue weighted by atomic mass is 9.92. The quantitative estimate of drug-likeness (QED) is 0.811. The second-order valence-electron chi connectivity index (χ2n) is 5.62. The van der Waals surface area contributed by atoms with E-state index in [1.807, 2.05) is 6.92 Å². The van der Waals surface area contributed by atoms with Crippen molar-refractivity contribution in [2.24, 2.45) is 5.73 Å². The molecule has 2 atom stereocenters. The zero-order valence-corrected chi connectivity index (χ0v) is 14.2. The van der Waals surface area contributed by atoms with Crippen molar-refractivity contribution in [3.8, 4) is 0 Å². The summed E-state index contributed by atoms with van der Waals surface area (Å²) in [5, 5.41) is 2.91. The number of carbonyl (C=O) groups excluding carboxylic acids is 2. The Morgan fingerprint density at radius 3 is 2.52 bits per heavy atom. The Bertz CT molecular complexity index is 542. The molecule has 7 heteroatoms. The van der Waals surface area contributed by atoms with Gasteiger partial charge in [-0.2, -0.15) is 0 Å². The molecule has 128 valence electrons. The molecule has 1 aliphatic heterocycles. The smallest absolute Gasteiger partial charge is 0.337 e. The van der Waals surface area contributed by atoms with E-state index in [-0.39, 0.29) is 36.9 Å². The summed E-state index contributed by atoms with van der Waals surface area (Å²) in [6, 6.07) is 6.72. The molecule has 1 aromatic carbocycles. The minimum absolute atomic E-state index is 0. The number of nitrogens with one attached hydrogen (secondary N) is 1. The van der Waals surface area contributed by atoms with Crippen molar-refractivity contribution in [1.82, 2.24) is 5.32 Å². The molecule has 0 aromatic heterocycles. The summed E-state index contributed by atoms with van der Waals surface area (Å²) in [6.45, 7) is 2.77. The SMILES string of the molecule is COC(=O)c1ccc(C(C)NC(=O)C2(N)CCCOC2)cc1.Cl. The maximum atomic E-state index is 12.3. The third-order valence-corrected chi connectivity index (χ3v) is 3.90. The van der Waals surface area contributed by atoms with Gasteiger partial charge in [0.1, 0.15) is 5.54 Å². The van der Waals surface area contributed by atoms with Crippen LogP contribution in [0.25, 0.3) is 0 Å². The van der Waals surface area contributed by atoms with E-state index in [0.717, 1.165) is 12.0 Å². The van der Waals surface area contributed by atoms with Gasteiger partial charge in [-0.15, -0.1) is 12.4 Å². The highest BCUT2D eigenvalue weighted by atomic mass is 35.5. The Balaban J connectivity index is 0.00000264. The highest BCUT2D eigenvalue weighted by Crippen LogP contribution is 2.19. The van der Waals surface area contributed by atoms with Gasteiger partial charge in [-0.25, -0.2) is 4.79 Å². The van der Waals surface area contributed by atoms with E-state index in [0.29, 0.717) is 18.6 Å². The van der Waals surface area contributed by atoms with Crippen LogP contribution in [0, 0.1) is 0 Å². The van der Waals surface area contributed by atoms with Gasteiger partial charge in [0.25, 0.3) is 0 Å². The summed E-state index contributed by atoms with van der Waals surface area (Å²) < 4.78 is 9.97. The van der Waals surface area contributed by atoms with Crippen LogP contribution < -0.4 is 11.1 Å². The minimum atomic E-state index is -0.960. The largest absolute Gasteiger partial charge is 0.465 e. The number of carbonyl (C=O) groups is 2. The molecule has 3 N–H and O–H groups in total. The molecule has 1 fully saturated rings. The number of esters is 1. The Kier molecular flexibility index (Phi) is 7.00. The third kappa shape index (κ3) is 4.67. The molecular formula is C16H23ClN2O4. The van der Waals surface area contributed by atoms with Crippen molar-refractivity contribution >= 4 is 24.3 Å². The van der Waals surface area contributed by atoms with Crippen LogP contribution in [-0.2, 0) is 14.3 Å². The molecule has 2 rings (SSSR count). The average Bonchev–Trinajstić information content (AvgIpc) is 2.54. The number of nitrogens with two attached hydrogens (primary N) is 1. The van der Waals surface area contributed by atoms with Gasteiger partial charge in [0.05, 0.1) is 25.3 Å². The van der Waals surface area contributed by atoms with E-state index in [1.54, 1.807) is 24.3 Å². The Morgan fingerprint density at radius 2 is 2.00 bits per heavy atom. The monoisotopic (exact) mass is 342 g/mol. The van der Waals surface area contributed by atoms with Crippen LogP contribution in [0.1, 0.15) is 41.7 Å². The number of rotatable bonds is 4. The molecule has 23 heavy (non-hydrogen) atoms. The molecule has 1 aromatic rings. The predicted octanol–water partition coefficient (Wildman–Crippen LogP) is 1.58. The van der Waals surface area contributed by atoms with Crippen LogP contribution in [0.3, 0.4) is 0 Å². The van der Waals surface area contributed by atoms with E-state index in [4.69, 9.17) is 10.5 Å². The van der Waals surface area contributed by atoms with Gasteiger partial charge in [-0.3, -0.25) is 4.79 Å². The number of hydrogen-bond acceptors (Lipinski definition) is 5. The summed E-state index contributed by atoms with van der Waals surface area (Å²) in [5.74, 6) is -0.597. The number of amides is 1. The van der Waals surface area contributed by atoms with Crippen LogP contribution in [-0.4, -0.2) is 37.7 Å². The summed E-state index contributed by atoms with van der Waals surface area (Å²) in [7, 11) is 1.34. The van der Waals surface area contributed by atoms with Crippen molar-refractivity contribution < 1.29 is 19.1 Å². The van der Waals surface area contributed by atoms with Crippen molar-refractivity contribution in [2.75, 3.05) is 20.3 Å². The maximum Gasteiger partial charge on any atom is 0.337 e. The second kappa shape index (κ2) is 8.29. The van der Waals surface area contributed by atoms with E-state index >= 15 is 0 Å². The lowest BCUT2D eigenvalue weighted by Gasteiger charge is -2.32. The van der Waals surface area contributed by atoms with Crippen LogP contribution in [0.5, 0.6) is 0 Å². The molecule has 2 unspecified atom stereocenters. The molecule has 0 saturated carbocycles. The zero-order chi connectivity index (χ0) is 16.2. The molecule has 0 bridgehead atoms. The first-order chi connectivity index (χ1) is 10.5. The minimum Gasteiger partial charge on any atom is -0.465 e. The molecule has 1 amide bonds. The topological polar surface area (TPSA) is 90.7 Å². The predicted molar refractivity (Wildman–Crippen MR) is 88.6 cm³/mol. The molecule has 6 nitrogen and oxygen atoms in total. The highest BCUT2D eigenvalue weighted by molar-refractivity contribution is 5.89. The number of methoxy groups -OCH3 is 1. The lowest BCUT2D eigenvalue weighted by molar-refractivity contribution is -0.131. The normalized spacial score (nSPS) is 21.7. The lowest BCUT2D eigenvalue weighted by Crippen LogP contribution is -2.59. The molecular weight excluding hydrogens is 320 g/mol. The van der Waals surface area contributed by atoms with Gasteiger partial charge in [-0.05, 0) is 37.5 Å². The molecule has 1 saturated heterocycles. The fraction of sp³-hybridized carbons (Fsp3) is 0.500. The first kappa shape index (κ1) is 19.4. The van der Waals surface area contributed by atoms with Gasteiger partial charge in [0.2, 0.25) is 5.91 Å². The second-order valence-corrected chi connectivity index (χ2v) is 5.62. The molecule has 0 radical (unpaired) electrons. The summed E-state index contributed by atoms with van der Waals surface area (Å²) in [4.78, 5) is 23.7. The molecule has 1 heterocycles. The van der Waals surface area contributed by atoms with Crippen molar-refractivity contribution in [1.29, 1.82) is 0 Å². The van der Waals surface area contributed by atoms with Crippen LogP contribution in [0.2, 0.25) is 0 Å². The van der Waals surface area contributed by atoms with Gasteiger partial charge in [-0.1, -0.05) is 12.1 Å². The summed E-state index contributed by atoms with van der Waals surface area (Å²) in [5.41, 5.74) is 6.52. The number of halogens is 1. The van der Waals surface area contributed by atoms with E-state index in [9.17, 15) is 9.59 Å². The summed E-state index contributed by atoms with van der Waals surface area (Å²) in [6.07, 6.45) is 1.40. The third-order valence-electron chi connectivity index (χ3n) is 3.90. The van der Waals surface area contributed by atoms with Crippen molar-refractivity contribution in [3.63, 3.8) is 0 Å². The molecule has 0 aliphatic carbocycles. The number of ether oxygens (including phenoxy) is 2. The fourth-order valence-electron chi connectivity index (χ4n) is 2.44. The van der Waals surface area contributed by atoms with Crippen molar-refractivity contribution in [3.05, 3.63) is 35.4 Å². The number of benzene rings is 1.